The number of carboxylic acid groups (broad SMARTS) is 1. The normalized spacial score (nSPS) is 13.9. The first-order valence-electron chi connectivity index (χ1n) is 7.16. The summed E-state index contributed by atoms with van der Waals surface area (Å²) in [5, 5.41) is 9.42. The standard InChI is InChI=1S/C17H25NO3/c1-11(2)17(5,16(20)21)10-15(19)18(6)14-8-12(3)7-13(4)9-14/h7-9,11H,10H2,1-6H3,(H,20,21). The Morgan fingerprint density at radius 1 is 1.19 bits per heavy atom. The van der Waals surface area contributed by atoms with E-state index in [1.807, 2.05) is 45.9 Å². The number of carbonyl (C=O) groups is 2. The minimum atomic E-state index is -1.05. The van der Waals surface area contributed by atoms with Crippen LogP contribution in [-0.4, -0.2) is 24.0 Å². The molecule has 4 heteroatoms. The van der Waals surface area contributed by atoms with Crippen LogP contribution in [0.1, 0.15) is 38.3 Å². The van der Waals surface area contributed by atoms with Crippen molar-refractivity contribution in [3.05, 3.63) is 29.3 Å². The lowest BCUT2D eigenvalue weighted by Gasteiger charge is -2.30. The van der Waals surface area contributed by atoms with Gasteiger partial charge < -0.3 is 10.0 Å². The van der Waals surface area contributed by atoms with E-state index in [0.717, 1.165) is 16.8 Å². The zero-order valence-electron chi connectivity index (χ0n) is 13.7. The van der Waals surface area contributed by atoms with E-state index >= 15 is 0 Å². The summed E-state index contributed by atoms with van der Waals surface area (Å²) in [5.41, 5.74) is 1.91. The first kappa shape index (κ1) is 17.2. The van der Waals surface area contributed by atoms with Crippen molar-refractivity contribution in [3.8, 4) is 0 Å². The van der Waals surface area contributed by atoms with E-state index in [9.17, 15) is 14.7 Å². The number of nitrogens with zero attached hydrogens (tertiary/aromatic N) is 1. The third kappa shape index (κ3) is 3.84. The van der Waals surface area contributed by atoms with Crippen molar-refractivity contribution in [3.63, 3.8) is 0 Å². The molecular formula is C17H25NO3. The lowest BCUT2D eigenvalue weighted by atomic mass is 9.76. The molecular weight excluding hydrogens is 266 g/mol. The Bertz CT molecular complexity index is 531. The van der Waals surface area contributed by atoms with Gasteiger partial charge in [-0.3, -0.25) is 9.59 Å². The van der Waals surface area contributed by atoms with Crippen LogP contribution in [0.3, 0.4) is 0 Å². The van der Waals surface area contributed by atoms with Crippen molar-refractivity contribution in [2.45, 2.75) is 41.0 Å². The van der Waals surface area contributed by atoms with Gasteiger partial charge in [-0.25, -0.2) is 0 Å². The Balaban J connectivity index is 3.00. The van der Waals surface area contributed by atoms with Gasteiger partial charge in [0.2, 0.25) is 5.91 Å². The third-order valence-corrected chi connectivity index (χ3v) is 4.25. The summed E-state index contributed by atoms with van der Waals surface area (Å²) >= 11 is 0. The highest BCUT2D eigenvalue weighted by Crippen LogP contribution is 2.32. The molecule has 0 heterocycles. The topological polar surface area (TPSA) is 57.6 Å². The van der Waals surface area contributed by atoms with Crippen molar-refractivity contribution in [1.29, 1.82) is 0 Å². The SMILES string of the molecule is Cc1cc(C)cc(N(C)C(=O)CC(C)(C(=O)O)C(C)C)c1. The van der Waals surface area contributed by atoms with E-state index in [4.69, 9.17) is 0 Å². The van der Waals surface area contributed by atoms with Crippen molar-refractivity contribution < 1.29 is 14.7 Å². The van der Waals surface area contributed by atoms with Crippen molar-refractivity contribution in [1.82, 2.24) is 0 Å². The molecule has 0 aliphatic rings. The smallest absolute Gasteiger partial charge is 0.310 e. The molecule has 1 aromatic carbocycles. The molecule has 1 rings (SSSR count). The van der Waals surface area contributed by atoms with Crippen LogP contribution in [0, 0.1) is 25.2 Å². The van der Waals surface area contributed by atoms with Gasteiger partial charge in [0.25, 0.3) is 0 Å². The van der Waals surface area contributed by atoms with Crippen molar-refractivity contribution >= 4 is 17.6 Å². The Hall–Kier alpha value is -1.84. The second-order valence-electron chi connectivity index (χ2n) is 6.35. The second-order valence-corrected chi connectivity index (χ2v) is 6.35. The zero-order chi connectivity index (χ0) is 16.4. The fourth-order valence-electron chi connectivity index (χ4n) is 2.25. The lowest BCUT2D eigenvalue weighted by Crippen LogP contribution is -2.39. The number of hydrogen-bond acceptors (Lipinski definition) is 2. The largest absolute Gasteiger partial charge is 0.481 e. The van der Waals surface area contributed by atoms with Crippen LogP contribution in [0.4, 0.5) is 5.69 Å². The van der Waals surface area contributed by atoms with Crippen LogP contribution >= 0.6 is 0 Å². The van der Waals surface area contributed by atoms with E-state index in [-0.39, 0.29) is 18.2 Å². The van der Waals surface area contributed by atoms with Crippen LogP contribution in [0.2, 0.25) is 0 Å². The molecule has 0 aliphatic heterocycles. The number of aliphatic carboxylic acids is 1. The number of amides is 1. The van der Waals surface area contributed by atoms with Gasteiger partial charge >= 0.3 is 5.97 Å². The monoisotopic (exact) mass is 291 g/mol. The van der Waals surface area contributed by atoms with Crippen LogP contribution < -0.4 is 4.90 Å². The van der Waals surface area contributed by atoms with Crippen molar-refractivity contribution in [2.75, 3.05) is 11.9 Å². The molecule has 0 bridgehead atoms. The number of rotatable bonds is 5. The predicted octanol–water partition coefficient (Wildman–Crippen LogP) is 3.40. The van der Waals surface area contributed by atoms with Gasteiger partial charge in [0.15, 0.2) is 0 Å². The predicted molar refractivity (Wildman–Crippen MR) is 84.5 cm³/mol. The summed E-state index contributed by atoms with van der Waals surface area (Å²) in [6.45, 7) is 9.25. The molecule has 0 fully saturated rings. The number of carboxylic acids is 1. The molecule has 0 spiro atoms. The van der Waals surface area contributed by atoms with Crippen molar-refractivity contribution in [2.24, 2.45) is 11.3 Å². The highest BCUT2D eigenvalue weighted by Gasteiger charge is 2.39. The zero-order valence-corrected chi connectivity index (χ0v) is 13.7. The summed E-state index contributed by atoms with van der Waals surface area (Å²) in [6.07, 6.45) is -0.0104. The van der Waals surface area contributed by atoms with Gasteiger partial charge in [0.1, 0.15) is 0 Å². The van der Waals surface area contributed by atoms with Crippen LogP contribution in [0.25, 0.3) is 0 Å². The van der Waals surface area contributed by atoms with E-state index in [1.165, 1.54) is 0 Å². The molecule has 21 heavy (non-hydrogen) atoms. The number of anilines is 1. The number of hydrogen-bond donors (Lipinski definition) is 1. The molecule has 1 amide bonds. The quantitative estimate of drug-likeness (QED) is 0.904. The van der Waals surface area contributed by atoms with E-state index in [0.29, 0.717) is 0 Å². The van der Waals surface area contributed by atoms with Gasteiger partial charge in [-0.05, 0) is 49.9 Å². The Labute approximate surface area is 126 Å². The Morgan fingerprint density at radius 2 is 1.67 bits per heavy atom. The summed E-state index contributed by atoms with van der Waals surface area (Å²) < 4.78 is 0. The van der Waals surface area contributed by atoms with Gasteiger partial charge in [-0.15, -0.1) is 0 Å². The lowest BCUT2D eigenvalue weighted by molar-refractivity contribution is -0.153. The average molecular weight is 291 g/mol. The highest BCUT2D eigenvalue weighted by molar-refractivity contribution is 5.96. The molecule has 1 atom stereocenters. The minimum Gasteiger partial charge on any atom is -0.481 e. The van der Waals surface area contributed by atoms with Crippen LogP contribution in [0.5, 0.6) is 0 Å². The van der Waals surface area contributed by atoms with Gasteiger partial charge in [0.05, 0.1) is 5.41 Å². The molecule has 116 valence electrons. The maximum Gasteiger partial charge on any atom is 0.310 e. The summed E-state index contributed by atoms with van der Waals surface area (Å²) in [6, 6.07) is 5.90. The van der Waals surface area contributed by atoms with Gasteiger partial charge in [0, 0.05) is 19.2 Å². The molecule has 0 aromatic heterocycles. The molecule has 1 unspecified atom stereocenters. The molecule has 4 nitrogen and oxygen atoms in total. The van der Waals surface area contributed by atoms with Crippen LogP contribution in [-0.2, 0) is 9.59 Å². The fraction of sp³-hybridized carbons (Fsp3) is 0.529. The maximum atomic E-state index is 12.5. The second kappa shape index (κ2) is 6.29. The molecule has 0 radical (unpaired) electrons. The van der Waals surface area contributed by atoms with Gasteiger partial charge in [-0.1, -0.05) is 19.9 Å². The molecule has 0 saturated heterocycles. The Morgan fingerprint density at radius 3 is 2.05 bits per heavy atom. The minimum absolute atomic E-state index is 0.0104. The maximum absolute atomic E-state index is 12.5. The Kier molecular flexibility index (Phi) is 5.15. The number of carbonyl (C=O) groups excluding carboxylic acids is 1. The van der Waals surface area contributed by atoms with E-state index in [1.54, 1.807) is 18.9 Å². The van der Waals surface area contributed by atoms with E-state index in [2.05, 4.69) is 0 Å². The molecule has 0 saturated carbocycles. The molecule has 1 N–H and O–H groups in total. The number of aryl methyl sites for hydroxylation is 2. The van der Waals surface area contributed by atoms with Gasteiger partial charge in [-0.2, -0.15) is 0 Å². The van der Waals surface area contributed by atoms with E-state index < -0.39 is 11.4 Å². The summed E-state index contributed by atoms with van der Waals surface area (Å²) in [7, 11) is 1.69. The highest BCUT2D eigenvalue weighted by atomic mass is 16.4. The summed E-state index contributed by atoms with van der Waals surface area (Å²) in [4.78, 5) is 25.5. The first-order chi connectivity index (χ1) is 9.57. The first-order valence-corrected chi connectivity index (χ1v) is 7.16. The van der Waals surface area contributed by atoms with Crippen LogP contribution in [0.15, 0.2) is 18.2 Å². The molecule has 0 aliphatic carbocycles. The average Bonchev–Trinajstić information content (AvgIpc) is 2.35. The summed E-state index contributed by atoms with van der Waals surface area (Å²) in [5.74, 6) is -1.23. The molecule has 1 aromatic rings. The third-order valence-electron chi connectivity index (χ3n) is 4.25. The fourth-order valence-corrected chi connectivity index (χ4v) is 2.25. The number of benzene rings is 1.